The van der Waals surface area contributed by atoms with Gasteiger partial charge < -0.3 is 14.4 Å². The van der Waals surface area contributed by atoms with Crippen molar-refractivity contribution in [3.63, 3.8) is 0 Å². The Balaban J connectivity index is 1.67. The highest BCUT2D eigenvalue weighted by molar-refractivity contribution is 9.09. The lowest BCUT2D eigenvalue weighted by molar-refractivity contribution is -0.196. The van der Waals surface area contributed by atoms with E-state index in [9.17, 15) is 9.59 Å². The topological polar surface area (TPSA) is 55.8 Å². The largest absolute Gasteiger partial charge is 0.459 e. The summed E-state index contributed by atoms with van der Waals surface area (Å²) in [6, 6.07) is 9.59. The summed E-state index contributed by atoms with van der Waals surface area (Å²) in [7, 11) is 0. The summed E-state index contributed by atoms with van der Waals surface area (Å²) >= 11 is 3.56. The number of piperidine rings is 2. The molecule has 2 saturated heterocycles. The Morgan fingerprint density at radius 2 is 1.81 bits per heavy atom. The number of alkyl halides is 1. The van der Waals surface area contributed by atoms with E-state index in [0.717, 1.165) is 23.7 Å². The van der Waals surface area contributed by atoms with Crippen LogP contribution < -0.4 is 0 Å². The van der Waals surface area contributed by atoms with E-state index < -0.39 is 11.0 Å². The quantitative estimate of drug-likeness (QED) is 0.539. The number of halogens is 1. The average Bonchev–Trinajstić information content (AvgIpc) is 2.58. The summed E-state index contributed by atoms with van der Waals surface area (Å²) in [5, 5.41) is 0.757. The fourth-order valence-electron chi connectivity index (χ4n) is 4.11. The third kappa shape index (κ3) is 3.90. The Morgan fingerprint density at radius 1 is 1.15 bits per heavy atom. The van der Waals surface area contributed by atoms with Gasteiger partial charge in [0.2, 0.25) is 0 Å². The predicted octanol–water partition coefficient (Wildman–Crippen LogP) is 4.14. The highest BCUT2D eigenvalue weighted by Crippen LogP contribution is 2.60. The molecule has 1 aliphatic carbocycles. The maximum absolute atomic E-state index is 12.8. The van der Waals surface area contributed by atoms with Crippen molar-refractivity contribution in [2.45, 2.75) is 45.8 Å². The fourth-order valence-corrected chi connectivity index (χ4v) is 4.68. The minimum absolute atomic E-state index is 0.0685. The molecule has 3 fully saturated rings. The lowest BCUT2D eigenvalue weighted by Gasteiger charge is -2.61. The van der Waals surface area contributed by atoms with E-state index in [1.54, 1.807) is 4.90 Å². The molecule has 1 aromatic rings. The maximum Gasteiger partial charge on any atom is 0.410 e. The first kappa shape index (κ1) is 19.2. The molecule has 1 saturated carbocycles. The molecular formula is C20H26BrNO4. The summed E-state index contributed by atoms with van der Waals surface area (Å²) in [6.07, 6.45) is 1.14. The molecule has 0 atom stereocenters. The molecular weight excluding hydrogens is 398 g/mol. The Labute approximate surface area is 163 Å². The lowest BCUT2D eigenvalue weighted by atomic mass is 9.50. The number of hydrogen-bond acceptors (Lipinski definition) is 4. The number of benzene rings is 1. The van der Waals surface area contributed by atoms with Gasteiger partial charge in [0, 0.05) is 23.8 Å². The Kier molecular flexibility index (Phi) is 5.08. The number of fused-ring (bicyclic) bond motifs is 2. The number of carbonyl (C=O) groups excluding carboxylic acids is 2. The van der Waals surface area contributed by atoms with Crippen molar-refractivity contribution in [2.24, 2.45) is 10.8 Å². The van der Waals surface area contributed by atoms with Crippen LogP contribution in [0.3, 0.4) is 0 Å². The highest BCUT2D eigenvalue weighted by atomic mass is 79.9. The highest BCUT2D eigenvalue weighted by Gasteiger charge is 2.64. The van der Waals surface area contributed by atoms with Crippen molar-refractivity contribution in [3.8, 4) is 0 Å². The molecule has 1 aromatic carbocycles. The van der Waals surface area contributed by atoms with Gasteiger partial charge in [0.25, 0.3) is 0 Å². The monoisotopic (exact) mass is 423 g/mol. The van der Waals surface area contributed by atoms with Crippen molar-refractivity contribution in [2.75, 3.05) is 18.4 Å². The molecule has 26 heavy (non-hydrogen) atoms. The lowest BCUT2D eigenvalue weighted by Crippen LogP contribution is -2.68. The molecule has 6 heteroatoms. The molecule has 142 valence electrons. The van der Waals surface area contributed by atoms with Gasteiger partial charge in [-0.3, -0.25) is 4.79 Å². The molecule has 0 aromatic heterocycles. The van der Waals surface area contributed by atoms with Gasteiger partial charge in [-0.2, -0.15) is 0 Å². The summed E-state index contributed by atoms with van der Waals surface area (Å²) in [6.45, 7) is 6.81. The van der Waals surface area contributed by atoms with Crippen LogP contribution in [0.25, 0.3) is 0 Å². The van der Waals surface area contributed by atoms with Crippen LogP contribution in [-0.2, 0) is 20.9 Å². The molecule has 2 heterocycles. The van der Waals surface area contributed by atoms with Crippen LogP contribution in [0.4, 0.5) is 4.79 Å². The fraction of sp³-hybridized carbons (Fsp3) is 0.600. The van der Waals surface area contributed by atoms with E-state index in [0.29, 0.717) is 13.1 Å². The number of amides is 1. The zero-order valence-electron chi connectivity index (χ0n) is 15.6. The molecule has 1 amide bonds. The first-order valence-electron chi connectivity index (χ1n) is 8.92. The van der Waals surface area contributed by atoms with E-state index in [2.05, 4.69) is 15.9 Å². The first-order chi connectivity index (χ1) is 12.2. The number of hydrogen-bond donors (Lipinski definition) is 0. The molecule has 2 aliphatic heterocycles. The van der Waals surface area contributed by atoms with E-state index in [-0.39, 0.29) is 24.1 Å². The van der Waals surface area contributed by atoms with Crippen molar-refractivity contribution >= 4 is 28.0 Å². The van der Waals surface area contributed by atoms with Crippen LogP contribution >= 0.6 is 15.9 Å². The van der Waals surface area contributed by atoms with Crippen molar-refractivity contribution in [1.82, 2.24) is 4.90 Å². The standard InChI is InChI=1S/C20H26BrNO4/c1-18(2,3)26-16(23)20-10-19(11-20,12-21)13-22(14-20)17(24)25-9-15-7-5-4-6-8-15/h4-8H,9-14H2,1-3H3. The van der Waals surface area contributed by atoms with Gasteiger partial charge in [-0.25, -0.2) is 4.79 Å². The Bertz CT molecular complexity index is 677. The molecule has 0 N–H and O–H groups in total. The number of nitrogens with zero attached hydrogens (tertiary/aromatic N) is 1. The number of carbonyl (C=O) groups is 2. The second-order valence-corrected chi connectivity index (χ2v) is 9.23. The van der Waals surface area contributed by atoms with Crippen molar-refractivity contribution in [1.29, 1.82) is 0 Å². The molecule has 3 aliphatic rings. The van der Waals surface area contributed by atoms with Gasteiger partial charge in [0.05, 0.1) is 5.41 Å². The van der Waals surface area contributed by atoms with E-state index in [1.807, 2.05) is 51.1 Å². The Morgan fingerprint density at radius 3 is 2.38 bits per heavy atom. The number of ether oxygens (including phenoxy) is 2. The smallest absolute Gasteiger partial charge is 0.410 e. The predicted molar refractivity (Wildman–Crippen MR) is 102 cm³/mol. The van der Waals surface area contributed by atoms with Crippen LogP contribution in [-0.4, -0.2) is 41.0 Å². The van der Waals surface area contributed by atoms with E-state index >= 15 is 0 Å². The average molecular weight is 424 g/mol. The third-order valence-electron chi connectivity index (χ3n) is 5.03. The minimum atomic E-state index is -0.606. The first-order valence-corrected chi connectivity index (χ1v) is 10.0. The van der Waals surface area contributed by atoms with Gasteiger partial charge in [-0.1, -0.05) is 46.3 Å². The maximum atomic E-state index is 12.8. The molecule has 0 spiro atoms. The van der Waals surface area contributed by atoms with Gasteiger partial charge in [-0.05, 0) is 39.2 Å². The summed E-state index contributed by atoms with van der Waals surface area (Å²) in [5.74, 6) is -0.206. The van der Waals surface area contributed by atoms with Gasteiger partial charge in [-0.15, -0.1) is 0 Å². The zero-order valence-corrected chi connectivity index (χ0v) is 17.2. The van der Waals surface area contributed by atoms with Crippen LogP contribution in [0.2, 0.25) is 0 Å². The van der Waals surface area contributed by atoms with Crippen molar-refractivity contribution in [3.05, 3.63) is 35.9 Å². The van der Waals surface area contributed by atoms with E-state index in [1.165, 1.54) is 0 Å². The Hall–Kier alpha value is -1.56. The normalized spacial score (nSPS) is 27.5. The molecule has 2 bridgehead atoms. The van der Waals surface area contributed by atoms with Gasteiger partial charge >= 0.3 is 12.1 Å². The van der Waals surface area contributed by atoms with Crippen LogP contribution in [0.5, 0.6) is 0 Å². The van der Waals surface area contributed by atoms with Crippen LogP contribution in [0, 0.1) is 10.8 Å². The second kappa shape index (κ2) is 6.87. The molecule has 0 unspecified atom stereocenters. The molecule has 4 rings (SSSR count). The summed E-state index contributed by atoms with van der Waals surface area (Å²) in [5.41, 5.74) is -0.263. The SMILES string of the molecule is CC(C)(C)OC(=O)C12CN(C(=O)OCc3ccccc3)CC(CBr)(C1)C2. The second-order valence-electron chi connectivity index (χ2n) is 8.67. The van der Waals surface area contributed by atoms with Gasteiger partial charge in [0.15, 0.2) is 0 Å². The van der Waals surface area contributed by atoms with Crippen molar-refractivity contribution < 1.29 is 19.1 Å². The third-order valence-corrected chi connectivity index (χ3v) is 6.21. The molecule has 5 nitrogen and oxygen atoms in total. The zero-order chi connectivity index (χ0) is 19.0. The van der Waals surface area contributed by atoms with Crippen LogP contribution in [0.15, 0.2) is 30.3 Å². The van der Waals surface area contributed by atoms with Crippen LogP contribution in [0.1, 0.15) is 39.2 Å². The summed E-state index contributed by atoms with van der Waals surface area (Å²) < 4.78 is 11.1. The molecule has 0 radical (unpaired) electrons. The summed E-state index contributed by atoms with van der Waals surface area (Å²) in [4.78, 5) is 27.0. The van der Waals surface area contributed by atoms with Gasteiger partial charge in [0.1, 0.15) is 12.2 Å². The number of rotatable bonds is 4. The number of esters is 1. The van der Waals surface area contributed by atoms with E-state index in [4.69, 9.17) is 9.47 Å². The minimum Gasteiger partial charge on any atom is -0.459 e.